The summed E-state index contributed by atoms with van der Waals surface area (Å²) >= 11 is 17.3. The molecule has 18 heavy (non-hydrogen) atoms. The van der Waals surface area contributed by atoms with Crippen molar-refractivity contribution >= 4 is 56.2 Å². The zero-order valence-electron chi connectivity index (χ0n) is 9.64. The number of anilines is 1. The summed E-state index contributed by atoms with van der Waals surface area (Å²) in [5, 5.41) is 4.51. The number of nitrogens with one attached hydrogen (secondary N) is 1. The molecular formula is C12H11BrCl2N2S. The van der Waals surface area contributed by atoms with Gasteiger partial charge in [-0.1, -0.05) is 39.1 Å². The summed E-state index contributed by atoms with van der Waals surface area (Å²) in [6.45, 7) is 2.80. The lowest BCUT2D eigenvalue weighted by Gasteiger charge is -2.10. The molecule has 1 aromatic carbocycles. The number of aryl methyl sites for hydroxylation is 1. The second kappa shape index (κ2) is 6.24. The molecule has 2 aromatic rings. The van der Waals surface area contributed by atoms with Crippen molar-refractivity contribution in [3.63, 3.8) is 0 Å². The van der Waals surface area contributed by atoms with E-state index < -0.39 is 0 Å². The van der Waals surface area contributed by atoms with Gasteiger partial charge in [0.2, 0.25) is 0 Å². The number of nitrogens with zero attached hydrogens (tertiary/aromatic N) is 1. The molecule has 0 amide bonds. The Kier molecular flexibility index (Phi) is 4.90. The van der Waals surface area contributed by atoms with Crippen molar-refractivity contribution in [2.45, 2.75) is 13.3 Å². The third kappa shape index (κ3) is 3.38. The Balaban J connectivity index is 2.01. The summed E-state index contributed by atoms with van der Waals surface area (Å²) in [6, 6.07) is 3.65. The number of hydrogen-bond acceptors (Lipinski definition) is 3. The van der Waals surface area contributed by atoms with Crippen molar-refractivity contribution in [1.29, 1.82) is 0 Å². The first-order chi connectivity index (χ1) is 8.58. The summed E-state index contributed by atoms with van der Waals surface area (Å²) < 4.78 is 0.876. The maximum absolute atomic E-state index is 6.14. The zero-order chi connectivity index (χ0) is 13.1. The Morgan fingerprint density at radius 2 is 2.00 bits per heavy atom. The van der Waals surface area contributed by atoms with Gasteiger partial charge in [-0.15, -0.1) is 11.3 Å². The average molecular weight is 366 g/mol. The number of hydrogen-bond donors (Lipinski definition) is 1. The minimum atomic E-state index is 0.621. The first kappa shape index (κ1) is 14.1. The lowest BCUT2D eigenvalue weighted by molar-refractivity contribution is 1.02. The standard InChI is InChI=1S/C12H11BrCl2N2S/c1-7-11(18-6-17-7)2-3-16-12-9(14)4-8(13)5-10(12)15/h4-6,16H,2-3H2,1H3. The van der Waals surface area contributed by atoms with Crippen molar-refractivity contribution in [3.05, 3.63) is 42.7 Å². The van der Waals surface area contributed by atoms with Gasteiger partial charge in [-0.05, 0) is 19.1 Å². The molecule has 1 N–H and O–H groups in total. The fourth-order valence-corrected chi connectivity index (χ4v) is 3.70. The minimum absolute atomic E-state index is 0.621. The molecule has 1 heterocycles. The van der Waals surface area contributed by atoms with Crippen molar-refractivity contribution in [1.82, 2.24) is 4.98 Å². The molecule has 0 atom stereocenters. The summed E-state index contributed by atoms with van der Waals surface area (Å²) in [7, 11) is 0. The molecule has 96 valence electrons. The highest BCUT2D eigenvalue weighted by Crippen LogP contribution is 2.33. The van der Waals surface area contributed by atoms with Gasteiger partial charge in [-0.2, -0.15) is 0 Å². The van der Waals surface area contributed by atoms with Crippen LogP contribution in [0, 0.1) is 6.92 Å². The highest BCUT2D eigenvalue weighted by Gasteiger charge is 2.07. The van der Waals surface area contributed by atoms with Crippen LogP contribution in [-0.2, 0) is 6.42 Å². The molecule has 0 saturated heterocycles. The lowest BCUT2D eigenvalue weighted by atomic mass is 10.2. The first-order valence-corrected chi connectivity index (χ1v) is 7.78. The highest BCUT2D eigenvalue weighted by molar-refractivity contribution is 9.10. The van der Waals surface area contributed by atoms with Crippen LogP contribution in [0.15, 0.2) is 22.1 Å². The van der Waals surface area contributed by atoms with Crippen molar-refractivity contribution < 1.29 is 0 Å². The van der Waals surface area contributed by atoms with Crippen LogP contribution in [0.2, 0.25) is 10.0 Å². The first-order valence-electron chi connectivity index (χ1n) is 5.35. The van der Waals surface area contributed by atoms with Crippen molar-refractivity contribution in [3.8, 4) is 0 Å². The molecule has 0 saturated carbocycles. The summed E-state index contributed by atoms with van der Waals surface area (Å²) in [5.74, 6) is 0. The lowest BCUT2D eigenvalue weighted by Crippen LogP contribution is -2.05. The molecule has 0 aliphatic heterocycles. The Morgan fingerprint density at radius 1 is 1.33 bits per heavy atom. The molecule has 0 bridgehead atoms. The third-order valence-corrected chi connectivity index (χ3v) is 4.55. The van der Waals surface area contributed by atoms with Gasteiger partial charge in [0.25, 0.3) is 0 Å². The SMILES string of the molecule is Cc1ncsc1CCNc1c(Cl)cc(Br)cc1Cl. The molecule has 2 rings (SSSR count). The molecule has 0 aliphatic carbocycles. The fraction of sp³-hybridized carbons (Fsp3) is 0.250. The van der Waals surface area contributed by atoms with Crippen LogP contribution in [0.1, 0.15) is 10.6 Å². The predicted molar refractivity (Wildman–Crippen MR) is 83.2 cm³/mol. The van der Waals surface area contributed by atoms with Crippen molar-refractivity contribution in [2.24, 2.45) is 0 Å². The van der Waals surface area contributed by atoms with E-state index >= 15 is 0 Å². The summed E-state index contributed by atoms with van der Waals surface area (Å²) in [4.78, 5) is 5.51. The van der Waals surface area contributed by atoms with Crippen LogP contribution >= 0.6 is 50.5 Å². The van der Waals surface area contributed by atoms with E-state index in [4.69, 9.17) is 23.2 Å². The van der Waals surface area contributed by atoms with Crippen LogP contribution in [0.25, 0.3) is 0 Å². The average Bonchev–Trinajstić information content (AvgIpc) is 2.68. The molecule has 0 fully saturated rings. The van der Waals surface area contributed by atoms with E-state index in [1.807, 2.05) is 24.6 Å². The van der Waals surface area contributed by atoms with Gasteiger partial charge in [-0.3, -0.25) is 0 Å². The largest absolute Gasteiger partial charge is 0.382 e. The zero-order valence-corrected chi connectivity index (χ0v) is 13.5. The highest BCUT2D eigenvalue weighted by atomic mass is 79.9. The van der Waals surface area contributed by atoms with E-state index in [1.54, 1.807) is 11.3 Å². The van der Waals surface area contributed by atoms with Gasteiger partial charge in [0.05, 0.1) is 26.9 Å². The van der Waals surface area contributed by atoms with Crippen LogP contribution in [-0.4, -0.2) is 11.5 Å². The van der Waals surface area contributed by atoms with Crippen molar-refractivity contribution in [2.75, 3.05) is 11.9 Å². The molecule has 2 nitrogen and oxygen atoms in total. The van der Waals surface area contributed by atoms with E-state index in [1.165, 1.54) is 4.88 Å². The van der Waals surface area contributed by atoms with Crippen LogP contribution in [0.5, 0.6) is 0 Å². The van der Waals surface area contributed by atoms with E-state index in [9.17, 15) is 0 Å². The van der Waals surface area contributed by atoms with Gasteiger partial charge in [0, 0.05) is 22.3 Å². The van der Waals surface area contributed by atoms with Gasteiger partial charge in [-0.25, -0.2) is 4.98 Å². The van der Waals surface area contributed by atoms with E-state index in [0.29, 0.717) is 10.0 Å². The smallest absolute Gasteiger partial charge is 0.0797 e. The van der Waals surface area contributed by atoms with E-state index in [-0.39, 0.29) is 0 Å². The molecule has 0 unspecified atom stereocenters. The van der Waals surface area contributed by atoms with Crippen LogP contribution < -0.4 is 5.32 Å². The maximum atomic E-state index is 6.14. The number of benzene rings is 1. The Morgan fingerprint density at radius 3 is 2.56 bits per heavy atom. The number of rotatable bonds is 4. The molecule has 0 aliphatic rings. The topological polar surface area (TPSA) is 24.9 Å². The minimum Gasteiger partial charge on any atom is -0.382 e. The number of thiazole rings is 1. The normalized spacial score (nSPS) is 10.7. The second-order valence-electron chi connectivity index (χ2n) is 3.78. The second-order valence-corrected chi connectivity index (χ2v) is 6.45. The molecule has 0 radical (unpaired) electrons. The molecule has 0 spiro atoms. The monoisotopic (exact) mass is 364 g/mol. The van der Waals surface area contributed by atoms with Crippen LogP contribution in [0.3, 0.4) is 0 Å². The molecular weight excluding hydrogens is 355 g/mol. The number of aromatic nitrogens is 1. The summed E-state index contributed by atoms with van der Waals surface area (Å²) in [5.41, 5.74) is 3.74. The van der Waals surface area contributed by atoms with Gasteiger partial charge < -0.3 is 5.32 Å². The fourth-order valence-electron chi connectivity index (χ4n) is 1.58. The van der Waals surface area contributed by atoms with E-state index in [0.717, 1.165) is 28.8 Å². The van der Waals surface area contributed by atoms with Gasteiger partial charge in [0.15, 0.2) is 0 Å². The third-order valence-electron chi connectivity index (χ3n) is 2.51. The Bertz CT molecular complexity index is 534. The number of halogens is 3. The maximum Gasteiger partial charge on any atom is 0.0797 e. The predicted octanol–water partition coefficient (Wildman–Crippen LogP) is 5.18. The Labute approximate surface area is 128 Å². The molecule has 1 aromatic heterocycles. The van der Waals surface area contributed by atoms with E-state index in [2.05, 4.69) is 26.2 Å². The quantitative estimate of drug-likeness (QED) is 0.807. The van der Waals surface area contributed by atoms with Crippen LogP contribution in [0.4, 0.5) is 5.69 Å². The Hall–Kier alpha value is -0.290. The van der Waals surface area contributed by atoms with Gasteiger partial charge in [0.1, 0.15) is 0 Å². The summed E-state index contributed by atoms with van der Waals surface area (Å²) in [6.07, 6.45) is 0.916. The van der Waals surface area contributed by atoms with Gasteiger partial charge >= 0.3 is 0 Å². The molecule has 6 heteroatoms.